The topological polar surface area (TPSA) is 111 Å². The highest BCUT2D eigenvalue weighted by Crippen LogP contribution is 2.47. The molecular weight excluding hydrogens is 434 g/mol. The zero-order valence-electron chi connectivity index (χ0n) is 19.2. The van der Waals surface area contributed by atoms with E-state index in [0.717, 1.165) is 17.7 Å². The van der Waals surface area contributed by atoms with Crippen molar-refractivity contribution in [3.05, 3.63) is 83.1 Å². The second-order valence-corrected chi connectivity index (χ2v) is 8.30. The van der Waals surface area contributed by atoms with Crippen LogP contribution in [0.1, 0.15) is 57.0 Å². The van der Waals surface area contributed by atoms with E-state index in [1.807, 2.05) is 24.3 Å². The average Bonchev–Trinajstić information content (AvgIpc) is 3.54. The molecular formula is C26H27N3O5. The van der Waals surface area contributed by atoms with E-state index in [1.54, 1.807) is 31.4 Å². The molecule has 8 nitrogen and oxygen atoms in total. The Bertz CT molecular complexity index is 1170. The molecule has 2 aromatic carbocycles. The lowest BCUT2D eigenvalue weighted by atomic mass is 10.1. The van der Waals surface area contributed by atoms with Crippen LogP contribution in [-0.2, 0) is 17.8 Å². The summed E-state index contributed by atoms with van der Waals surface area (Å²) in [7, 11) is 1.63. The molecule has 176 valence electrons. The Balaban J connectivity index is 1.22. The molecule has 1 aliphatic carbocycles. The lowest BCUT2D eigenvalue weighted by Gasteiger charge is -2.07. The number of hydrogen-bond acceptors (Lipinski definition) is 6. The van der Waals surface area contributed by atoms with Crippen LogP contribution in [0.25, 0.3) is 0 Å². The molecule has 1 fully saturated rings. The highest BCUT2D eigenvalue weighted by atomic mass is 16.5. The van der Waals surface area contributed by atoms with Gasteiger partial charge in [-0.3, -0.25) is 14.4 Å². The molecule has 3 aromatic rings. The van der Waals surface area contributed by atoms with E-state index in [9.17, 15) is 14.4 Å². The van der Waals surface area contributed by atoms with Crippen molar-refractivity contribution in [1.29, 1.82) is 0 Å². The summed E-state index contributed by atoms with van der Waals surface area (Å²) >= 11 is 0. The van der Waals surface area contributed by atoms with E-state index >= 15 is 0 Å². The summed E-state index contributed by atoms with van der Waals surface area (Å²) in [6, 6.07) is 14.3. The van der Waals surface area contributed by atoms with Gasteiger partial charge in [-0.2, -0.15) is 0 Å². The van der Waals surface area contributed by atoms with Crippen LogP contribution >= 0.6 is 0 Å². The number of nitrogens with zero attached hydrogens (tertiary/aromatic N) is 1. The van der Waals surface area contributed by atoms with Crippen LogP contribution in [0.2, 0.25) is 0 Å². The van der Waals surface area contributed by atoms with Gasteiger partial charge in [0.05, 0.1) is 13.7 Å². The van der Waals surface area contributed by atoms with Crippen molar-refractivity contribution < 1.29 is 23.5 Å². The van der Waals surface area contributed by atoms with Gasteiger partial charge in [0, 0.05) is 30.0 Å². The maximum Gasteiger partial charge on any atom is 0.251 e. The fourth-order valence-corrected chi connectivity index (χ4v) is 3.90. The van der Waals surface area contributed by atoms with Gasteiger partial charge < -0.3 is 19.8 Å². The molecule has 0 spiro atoms. The monoisotopic (exact) mass is 461 g/mol. The number of carbonyl (C=O) groups excluding carboxylic acids is 3. The SMILES string of the molecule is COc1ccc([C@@H]2C[C@H]2C(=O)NCc2ncoc2CCNC(=O)c2ccc(C(C)=O)cc2)cc1. The van der Waals surface area contributed by atoms with Gasteiger partial charge in [0.25, 0.3) is 5.91 Å². The third-order valence-corrected chi connectivity index (χ3v) is 6.02. The normalized spacial score (nSPS) is 16.5. The maximum absolute atomic E-state index is 12.6. The molecule has 1 saturated carbocycles. The lowest BCUT2D eigenvalue weighted by Crippen LogP contribution is -2.27. The molecule has 1 heterocycles. The van der Waals surface area contributed by atoms with E-state index in [-0.39, 0.29) is 36.0 Å². The van der Waals surface area contributed by atoms with Crippen LogP contribution in [-0.4, -0.2) is 36.2 Å². The molecule has 0 unspecified atom stereocenters. The molecule has 0 aliphatic heterocycles. The number of methoxy groups -OCH3 is 1. The Morgan fingerprint density at radius 1 is 1.03 bits per heavy atom. The smallest absolute Gasteiger partial charge is 0.251 e. The van der Waals surface area contributed by atoms with E-state index < -0.39 is 0 Å². The molecule has 0 radical (unpaired) electrons. The number of hydrogen-bond donors (Lipinski definition) is 2. The Kier molecular flexibility index (Phi) is 7.06. The van der Waals surface area contributed by atoms with Gasteiger partial charge >= 0.3 is 0 Å². The first-order valence-corrected chi connectivity index (χ1v) is 11.2. The fourth-order valence-electron chi connectivity index (χ4n) is 3.90. The summed E-state index contributed by atoms with van der Waals surface area (Å²) in [6.45, 7) is 2.11. The van der Waals surface area contributed by atoms with Crippen LogP contribution in [0.5, 0.6) is 5.75 Å². The third-order valence-electron chi connectivity index (χ3n) is 6.02. The van der Waals surface area contributed by atoms with Crippen molar-refractivity contribution >= 4 is 17.6 Å². The van der Waals surface area contributed by atoms with Crippen molar-refractivity contribution in [2.45, 2.75) is 32.2 Å². The predicted molar refractivity (Wildman–Crippen MR) is 125 cm³/mol. The number of amides is 2. The quantitative estimate of drug-likeness (QED) is 0.449. The minimum absolute atomic E-state index is 0.00270. The molecule has 2 amide bonds. The molecule has 8 heteroatoms. The number of carbonyl (C=O) groups is 3. The van der Waals surface area contributed by atoms with E-state index in [2.05, 4.69) is 15.6 Å². The Hall–Kier alpha value is -3.94. The molecule has 2 atom stereocenters. The largest absolute Gasteiger partial charge is 0.497 e. The second kappa shape index (κ2) is 10.3. The van der Waals surface area contributed by atoms with Gasteiger partial charge in [0.15, 0.2) is 12.2 Å². The van der Waals surface area contributed by atoms with Gasteiger partial charge in [-0.1, -0.05) is 24.3 Å². The summed E-state index contributed by atoms with van der Waals surface area (Å²) < 4.78 is 10.6. The first-order chi connectivity index (χ1) is 16.5. The number of ether oxygens (including phenoxy) is 1. The van der Waals surface area contributed by atoms with Gasteiger partial charge in [0.2, 0.25) is 5.91 Å². The van der Waals surface area contributed by atoms with Crippen molar-refractivity contribution in [2.75, 3.05) is 13.7 Å². The van der Waals surface area contributed by atoms with Crippen LogP contribution < -0.4 is 15.4 Å². The summed E-state index contributed by atoms with van der Waals surface area (Å²) in [5, 5.41) is 5.78. The highest BCUT2D eigenvalue weighted by Gasteiger charge is 2.43. The number of nitrogens with one attached hydrogen (secondary N) is 2. The summed E-state index contributed by atoms with van der Waals surface area (Å²) in [5.41, 5.74) is 2.82. The van der Waals surface area contributed by atoms with Crippen LogP contribution in [0.3, 0.4) is 0 Å². The van der Waals surface area contributed by atoms with Gasteiger partial charge in [0.1, 0.15) is 17.2 Å². The molecule has 4 rings (SSSR count). The maximum atomic E-state index is 12.6. The van der Waals surface area contributed by atoms with Crippen molar-refractivity contribution in [3.8, 4) is 5.75 Å². The number of oxazole rings is 1. The summed E-state index contributed by atoms with van der Waals surface area (Å²) in [6.07, 6.45) is 2.61. The van der Waals surface area contributed by atoms with Gasteiger partial charge in [-0.25, -0.2) is 4.98 Å². The minimum Gasteiger partial charge on any atom is -0.497 e. The van der Waals surface area contributed by atoms with E-state index in [1.165, 1.54) is 13.3 Å². The molecule has 1 aliphatic rings. The number of benzene rings is 2. The third kappa shape index (κ3) is 5.51. The van der Waals surface area contributed by atoms with Crippen LogP contribution in [0.15, 0.2) is 59.3 Å². The number of rotatable bonds is 10. The Labute approximate surface area is 197 Å². The number of Topliss-reactive ketones (excluding diaryl/α,β-unsaturated/α-hetero) is 1. The van der Waals surface area contributed by atoms with Crippen molar-refractivity contribution in [3.63, 3.8) is 0 Å². The standard InChI is InChI=1S/C26H27N3O5/c1-16(30)17-3-5-19(6-4-17)25(31)27-12-11-24-23(29-15-34-24)14-28-26(32)22-13-21(22)18-7-9-20(33-2)10-8-18/h3-10,15,21-22H,11-14H2,1-2H3,(H,27,31)(H,28,32)/t21-,22+/m0/s1. The first-order valence-electron chi connectivity index (χ1n) is 11.2. The zero-order valence-corrected chi connectivity index (χ0v) is 19.2. The van der Waals surface area contributed by atoms with E-state index in [0.29, 0.717) is 35.5 Å². The zero-order chi connectivity index (χ0) is 24.1. The van der Waals surface area contributed by atoms with Crippen molar-refractivity contribution in [2.24, 2.45) is 5.92 Å². The molecule has 0 bridgehead atoms. The van der Waals surface area contributed by atoms with E-state index in [4.69, 9.17) is 9.15 Å². The van der Waals surface area contributed by atoms with Crippen LogP contribution in [0, 0.1) is 5.92 Å². The molecule has 2 N–H and O–H groups in total. The fraction of sp³-hybridized carbons (Fsp3) is 0.308. The van der Waals surface area contributed by atoms with Gasteiger partial charge in [-0.05, 0) is 49.1 Å². The number of aromatic nitrogens is 1. The Morgan fingerprint density at radius 2 is 1.74 bits per heavy atom. The highest BCUT2D eigenvalue weighted by molar-refractivity contribution is 5.97. The molecule has 1 aromatic heterocycles. The Morgan fingerprint density at radius 3 is 2.41 bits per heavy atom. The average molecular weight is 462 g/mol. The molecule has 0 saturated heterocycles. The minimum atomic E-state index is -0.234. The number of ketones is 1. The molecule has 34 heavy (non-hydrogen) atoms. The summed E-state index contributed by atoms with van der Waals surface area (Å²) in [5.74, 6) is 1.32. The van der Waals surface area contributed by atoms with Gasteiger partial charge in [-0.15, -0.1) is 0 Å². The van der Waals surface area contributed by atoms with Crippen LogP contribution in [0.4, 0.5) is 0 Å². The lowest BCUT2D eigenvalue weighted by molar-refractivity contribution is -0.122. The predicted octanol–water partition coefficient (Wildman–Crippen LogP) is 3.28. The van der Waals surface area contributed by atoms with Crippen molar-refractivity contribution in [1.82, 2.24) is 15.6 Å². The first kappa shape index (κ1) is 23.2. The second-order valence-electron chi connectivity index (χ2n) is 8.30. The summed E-state index contributed by atoms with van der Waals surface area (Å²) in [4.78, 5) is 40.4.